The average Bonchev–Trinajstić information content (AvgIpc) is 2.84. The van der Waals surface area contributed by atoms with E-state index in [1.54, 1.807) is 23.8 Å². The van der Waals surface area contributed by atoms with Crippen LogP contribution >= 0.6 is 11.3 Å². The van der Waals surface area contributed by atoms with Crippen molar-refractivity contribution in [1.29, 1.82) is 0 Å². The molecule has 0 saturated heterocycles. The van der Waals surface area contributed by atoms with E-state index in [1.165, 1.54) is 11.3 Å². The van der Waals surface area contributed by atoms with Crippen LogP contribution in [0.1, 0.15) is 16.0 Å². The highest BCUT2D eigenvalue weighted by atomic mass is 32.2. The van der Waals surface area contributed by atoms with Gasteiger partial charge in [0.2, 0.25) is 10.0 Å². The zero-order chi connectivity index (χ0) is 14.0. The third-order valence-corrected chi connectivity index (χ3v) is 5.07. The summed E-state index contributed by atoms with van der Waals surface area (Å²) < 4.78 is 26.9. The van der Waals surface area contributed by atoms with Crippen molar-refractivity contribution >= 4 is 27.0 Å². The Hall–Kier alpha value is -1.44. The summed E-state index contributed by atoms with van der Waals surface area (Å²) in [6, 6.07) is 3.27. The lowest BCUT2D eigenvalue weighted by Gasteiger charge is -2.11. The summed E-state index contributed by atoms with van der Waals surface area (Å²) in [4.78, 5) is 4.88. The second kappa shape index (κ2) is 5.28. The van der Waals surface area contributed by atoms with Gasteiger partial charge in [-0.05, 0) is 37.1 Å². The lowest BCUT2D eigenvalue weighted by atomic mass is 10.1. The van der Waals surface area contributed by atoms with Crippen molar-refractivity contribution in [3.63, 3.8) is 0 Å². The molecule has 0 bridgehead atoms. The zero-order valence-corrected chi connectivity index (χ0v) is 12.3. The van der Waals surface area contributed by atoms with Crippen molar-refractivity contribution in [2.45, 2.75) is 25.3 Å². The van der Waals surface area contributed by atoms with Gasteiger partial charge in [0.25, 0.3) is 0 Å². The summed E-state index contributed by atoms with van der Waals surface area (Å²) in [6.07, 6.45) is 1.64. The molecule has 2 aromatic rings. The van der Waals surface area contributed by atoms with E-state index in [0.29, 0.717) is 0 Å². The van der Waals surface area contributed by atoms with E-state index in [9.17, 15) is 8.42 Å². The molecule has 0 aliphatic carbocycles. The first-order chi connectivity index (χ1) is 8.90. The highest BCUT2D eigenvalue weighted by molar-refractivity contribution is 7.89. The van der Waals surface area contributed by atoms with Crippen molar-refractivity contribution in [1.82, 2.24) is 9.71 Å². The number of thiazole rings is 1. The SMILES string of the molecule is Cc1cc(N)c(S(=O)(=O)NCc2cncs2)cc1C. The quantitative estimate of drug-likeness (QED) is 0.843. The number of sulfonamides is 1. The molecule has 2 rings (SSSR count). The summed E-state index contributed by atoms with van der Waals surface area (Å²) in [6.45, 7) is 3.98. The topological polar surface area (TPSA) is 85.1 Å². The Morgan fingerprint density at radius 2 is 2.00 bits per heavy atom. The molecule has 0 spiro atoms. The number of nitrogens with one attached hydrogen (secondary N) is 1. The first-order valence-electron chi connectivity index (χ1n) is 5.64. The van der Waals surface area contributed by atoms with Crippen LogP contribution in [-0.2, 0) is 16.6 Å². The van der Waals surface area contributed by atoms with Crippen molar-refractivity contribution < 1.29 is 8.42 Å². The van der Waals surface area contributed by atoms with Gasteiger partial charge in [0.05, 0.1) is 11.2 Å². The molecule has 0 atom stereocenters. The maximum Gasteiger partial charge on any atom is 0.242 e. The maximum atomic E-state index is 12.2. The van der Waals surface area contributed by atoms with Crippen molar-refractivity contribution in [3.8, 4) is 0 Å². The van der Waals surface area contributed by atoms with Gasteiger partial charge in [-0.3, -0.25) is 4.98 Å². The number of nitrogens with zero attached hydrogens (tertiary/aromatic N) is 1. The summed E-state index contributed by atoms with van der Waals surface area (Å²) in [7, 11) is -3.60. The normalized spacial score (nSPS) is 11.7. The molecule has 0 fully saturated rings. The van der Waals surface area contributed by atoms with Gasteiger partial charge >= 0.3 is 0 Å². The molecule has 0 aliphatic rings. The number of hydrogen-bond acceptors (Lipinski definition) is 5. The summed E-state index contributed by atoms with van der Waals surface area (Å²) in [5.74, 6) is 0. The highest BCUT2D eigenvalue weighted by Gasteiger charge is 2.18. The number of rotatable bonds is 4. The van der Waals surface area contributed by atoms with Gasteiger partial charge in [-0.15, -0.1) is 11.3 Å². The molecular formula is C12H15N3O2S2. The molecule has 1 aromatic carbocycles. The maximum absolute atomic E-state index is 12.2. The molecule has 19 heavy (non-hydrogen) atoms. The predicted octanol–water partition coefficient (Wildman–Crippen LogP) is 1.82. The van der Waals surface area contributed by atoms with E-state index in [2.05, 4.69) is 9.71 Å². The molecule has 1 aromatic heterocycles. The highest BCUT2D eigenvalue weighted by Crippen LogP contribution is 2.22. The second-order valence-corrected chi connectivity index (χ2v) is 6.97. The van der Waals surface area contributed by atoms with E-state index in [1.807, 2.05) is 13.8 Å². The number of aryl methyl sites for hydroxylation is 2. The minimum absolute atomic E-state index is 0.125. The summed E-state index contributed by atoms with van der Waals surface area (Å²) in [5.41, 5.74) is 9.59. The van der Waals surface area contributed by atoms with Gasteiger partial charge < -0.3 is 5.73 Å². The minimum atomic E-state index is -3.60. The summed E-state index contributed by atoms with van der Waals surface area (Å²) in [5, 5.41) is 0. The van der Waals surface area contributed by atoms with E-state index in [4.69, 9.17) is 5.73 Å². The number of anilines is 1. The molecule has 0 aliphatic heterocycles. The second-order valence-electron chi connectivity index (χ2n) is 4.27. The van der Waals surface area contributed by atoms with E-state index in [-0.39, 0.29) is 17.1 Å². The molecule has 102 valence electrons. The van der Waals surface area contributed by atoms with Crippen LogP contribution in [0.4, 0.5) is 5.69 Å². The standard InChI is InChI=1S/C12H15N3O2S2/c1-8-3-11(13)12(4-9(8)2)19(16,17)15-6-10-5-14-7-18-10/h3-5,7,15H,6,13H2,1-2H3. The van der Waals surface area contributed by atoms with Crippen LogP contribution in [0.5, 0.6) is 0 Å². The monoisotopic (exact) mass is 297 g/mol. The number of nitrogen functional groups attached to an aromatic ring is 1. The molecule has 0 radical (unpaired) electrons. The minimum Gasteiger partial charge on any atom is -0.398 e. The van der Waals surface area contributed by atoms with Gasteiger partial charge in [-0.2, -0.15) is 0 Å². The number of benzene rings is 1. The fourth-order valence-electron chi connectivity index (χ4n) is 1.62. The molecule has 0 saturated carbocycles. The number of aromatic nitrogens is 1. The van der Waals surface area contributed by atoms with E-state index in [0.717, 1.165) is 16.0 Å². The zero-order valence-electron chi connectivity index (χ0n) is 10.7. The molecule has 3 N–H and O–H groups in total. The Morgan fingerprint density at radius 1 is 1.32 bits per heavy atom. The van der Waals surface area contributed by atoms with Gasteiger partial charge in [-0.25, -0.2) is 13.1 Å². The van der Waals surface area contributed by atoms with Crippen LogP contribution in [0.3, 0.4) is 0 Å². The lowest BCUT2D eigenvalue weighted by Crippen LogP contribution is -2.24. The van der Waals surface area contributed by atoms with Crippen LogP contribution in [0.25, 0.3) is 0 Å². The summed E-state index contributed by atoms with van der Waals surface area (Å²) >= 11 is 1.40. The van der Waals surface area contributed by atoms with Crippen LogP contribution in [0.2, 0.25) is 0 Å². The molecular weight excluding hydrogens is 282 g/mol. The fourth-order valence-corrected chi connectivity index (χ4v) is 3.45. The Morgan fingerprint density at radius 3 is 2.63 bits per heavy atom. The van der Waals surface area contributed by atoms with Crippen LogP contribution in [-0.4, -0.2) is 13.4 Å². The van der Waals surface area contributed by atoms with Gasteiger partial charge in [-0.1, -0.05) is 0 Å². The number of nitrogens with two attached hydrogens (primary N) is 1. The molecule has 0 unspecified atom stereocenters. The van der Waals surface area contributed by atoms with E-state index < -0.39 is 10.0 Å². The lowest BCUT2D eigenvalue weighted by molar-refractivity contribution is 0.582. The first-order valence-corrected chi connectivity index (χ1v) is 8.00. The Labute approximate surface area is 116 Å². The van der Waals surface area contributed by atoms with Gasteiger partial charge in [0, 0.05) is 17.6 Å². The van der Waals surface area contributed by atoms with Crippen molar-refractivity contribution in [3.05, 3.63) is 39.8 Å². The smallest absolute Gasteiger partial charge is 0.242 e. The Balaban J connectivity index is 2.27. The molecule has 7 heteroatoms. The van der Waals surface area contributed by atoms with E-state index >= 15 is 0 Å². The van der Waals surface area contributed by atoms with Gasteiger partial charge in [0.15, 0.2) is 0 Å². The fraction of sp³-hybridized carbons (Fsp3) is 0.250. The van der Waals surface area contributed by atoms with Crippen molar-refractivity contribution in [2.75, 3.05) is 5.73 Å². The average molecular weight is 297 g/mol. The Bertz CT molecular complexity index is 679. The third-order valence-electron chi connectivity index (χ3n) is 2.84. The molecule has 1 heterocycles. The first kappa shape index (κ1) is 14.0. The Kier molecular flexibility index (Phi) is 3.88. The molecule has 5 nitrogen and oxygen atoms in total. The van der Waals surface area contributed by atoms with Crippen LogP contribution < -0.4 is 10.5 Å². The largest absolute Gasteiger partial charge is 0.398 e. The van der Waals surface area contributed by atoms with Crippen molar-refractivity contribution in [2.24, 2.45) is 0 Å². The van der Waals surface area contributed by atoms with Gasteiger partial charge in [0.1, 0.15) is 4.90 Å². The molecule has 0 amide bonds. The third kappa shape index (κ3) is 3.12. The van der Waals surface area contributed by atoms with Crippen LogP contribution in [0.15, 0.2) is 28.7 Å². The number of hydrogen-bond donors (Lipinski definition) is 2. The predicted molar refractivity (Wildman–Crippen MR) is 76.5 cm³/mol. The van der Waals surface area contributed by atoms with Crippen LogP contribution in [0, 0.1) is 13.8 Å².